The molecule has 2 aromatic carbocycles. The van der Waals surface area contributed by atoms with E-state index >= 15 is 0 Å². The van der Waals surface area contributed by atoms with Crippen molar-refractivity contribution in [2.24, 2.45) is 5.41 Å². The van der Waals surface area contributed by atoms with Gasteiger partial charge in [0.1, 0.15) is 0 Å². The lowest BCUT2D eigenvalue weighted by Crippen LogP contribution is -2.31. The number of hydrogen-bond donors (Lipinski definition) is 1. The zero-order valence-corrected chi connectivity index (χ0v) is 16.3. The first kappa shape index (κ1) is 20.3. The number of hydrogen-bond acceptors (Lipinski definition) is 2. The fourth-order valence-electron chi connectivity index (χ4n) is 3.69. The summed E-state index contributed by atoms with van der Waals surface area (Å²) in [6.07, 6.45) is 4.58. The lowest BCUT2D eigenvalue weighted by atomic mass is 9.83. The maximum atomic E-state index is 12.6. The van der Waals surface area contributed by atoms with Gasteiger partial charge in [-0.15, -0.1) is 12.4 Å². The van der Waals surface area contributed by atoms with E-state index in [0.29, 0.717) is 6.42 Å². The highest BCUT2D eigenvalue weighted by atomic mass is 35.5. The van der Waals surface area contributed by atoms with Crippen molar-refractivity contribution >= 4 is 24.0 Å². The van der Waals surface area contributed by atoms with Crippen molar-refractivity contribution in [2.75, 3.05) is 18.8 Å². The molecule has 1 saturated heterocycles. The Morgan fingerprint density at radius 2 is 1.77 bits per heavy atom. The molecule has 0 radical (unpaired) electrons. The van der Waals surface area contributed by atoms with Crippen molar-refractivity contribution in [1.82, 2.24) is 4.90 Å². The van der Waals surface area contributed by atoms with Crippen molar-refractivity contribution in [3.05, 3.63) is 65.7 Å². The molecular formula is C22H29ClN2O. The predicted octanol–water partition coefficient (Wildman–Crippen LogP) is 4.49. The van der Waals surface area contributed by atoms with Crippen molar-refractivity contribution in [1.29, 1.82) is 0 Å². The number of aryl methyl sites for hydroxylation is 2. The van der Waals surface area contributed by atoms with Gasteiger partial charge in [0, 0.05) is 25.2 Å². The first-order valence-electron chi connectivity index (χ1n) is 9.21. The van der Waals surface area contributed by atoms with E-state index in [1.165, 1.54) is 5.56 Å². The van der Waals surface area contributed by atoms with Crippen LogP contribution in [0, 0.1) is 5.41 Å². The van der Waals surface area contributed by atoms with Crippen LogP contribution in [0.5, 0.6) is 0 Å². The molecule has 1 aliphatic rings. The summed E-state index contributed by atoms with van der Waals surface area (Å²) in [5.74, 6) is 0.256. The number of carbonyl (C=O) groups excluding carboxylic acids is 1. The SMILES string of the molecule is CC1(CCc2ccccc2)CCN(C(=O)CCc2ccccc2N)C1.Cl. The Bertz CT molecular complexity index is 719. The highest BCUT2D eigenvalue weighted by Crippen LogP contribution is 2.35. The van der Waals surface area contributed by atoms with Gasteiger partial charge in [-0.25, -0.2) is 0 Å². The number of carbonyl (C=O) groups is 1. The van der Waals surface area contributed by atoms with Crippen LogP contribution in [-0.2, 0) is 17.6 Å². The van der Waals surface area contributed by atoms with E-state index < -0.39 is 0 Å². The fraction of sp³-hybridized carbons (Fsp3) is 0.409. The van der Waals surface area contributed by atoms with E-state index in [9.17, 15) is 4.79 Å². The van der Waals surface area contributed by atoms with Gasteiger partial charge in [0.15, 0.2) is 0 Å². The Balaban J connectivity index is 0.00000243. The number of nitrogens with two attached hydrogens (primary N) is 1. The summed E-state index contributed by atoms with van der Waals surface area (Å²) in [6, 6.07) is 18.4. The Hall–Kier alpha value is -2.00. The molecule has 2 aromatic rings. The van der Waals surface area contributed by atoms with Crippen molar-refractivity contribution in [3.8, 4) is 0 Å². The van der Waals surface area contributed by atoms with Crippen molar-refractivity contribution in [2.45, 2.75) is 39.0 Å². The maximum Gasteiger partial charge on any atom is 0.222 e. The molecule has 3 rings (SSSR count). The molecule has 0 aliphatic carbocycles. The van der Waals surface area contributed by atoms with Crippen LogP contribution >= 0.6 is 12.4 Å². The number of likely N-dealkylation sites (tertiary alicyclic amines) is 1. The summed E-state index contributed by atoms with van der Waals surface area (Å²) < 4.78 is 0. The summed E-state index contributed by atoms with van der Waals surface area (Å²) in [5, 5.41) is 0. The third kappa shape index (κ3) is 5.25. The second-order valence-electron chi connectivity index (χ2n) is 7.56. The average molecular weight is 373 g/mol. The molecule has 0 bridgehead atoms. The largest absolute Gasteiger partial charge is 0.399 e. The number of nitrogen functional groups attached to an aromatic ring is 1. The number of para-hydroxylation sites is 1. The minimum Gasteiger partial charge on any atom is -0.399 e. The Kier molecular flexibility index (Phi) is 7.10. The molecule has 1 fully saturated rings. The van der Waals surface area contributed by atoms with Gasteiger partial charge in [-0.1, -0.05) is 55.5 Å². The van der Waals surface area contributed by atoms with E-state index in [0.717, 1.165) is 50.0 Å². The molecule has 1 heterocycles. The van der Waals surface area contributed by atoms with Gasteiger partial charge in [0.2, 0.25) is 5.91 Å². The minimum absolute atomic E-state index is 0. The number of benzene rings is 2. The second-order valence-corrected chi connectivity index (χ2v) is 7.56. The van der Waals surface area contributed by atoms with Crippen LogP contribution in [0.15, 0.2) is 54.6 Å². The minimum atomic E-state index is 0. The van der Waals surface area contributed by atoms with Gasteiger partial charge in [0.25, 0.3) is 0 Å². The molecule has 4 heteroatoms. The van der Waals surface area contributed by atoms with Gasteiger partial charge in [-0.05, 0) is 48.3 Å². The molecule has 3 nitrogen and oxygen atoms in total. The zero-order chi connectivity index (χ0) is 17.7. The highest BCUT2D eigenvalue weighted by molar-refractivity contribution is 5.85. The normalized spacial score (nSPS) is 19.2. The Labute approximate surface area is 163 Å². The van der Waals surface area contributed by atoms with Crippen LogP contribution in [0.25, 0.3) is 0 Å². The first-order valence-corrected chi connectivity index (χ1v) is 9.21. The molecule has 1 aliphatic heterocycles. The van der Waals surface area contributed by atoms with Gasteiger partial charge in [-0.2, -0.15) is 0 Å². The Morgan fingerprint density at radius 3 is 2.50 bits per heavy atom. The molecular weight excluding hydrogens is 344 g/mol. The van der Waals surface area contributed by atoms with Crippen molar-refractivity contribution < 1.29 is 4.79 Å². The van der Waals surface area contributed by atoms with E-state index in [2.05, 4.69) is 37.3 Å². The number of anilines is 1. The summed E-state index contributed by atoms with van der Waals surface area (Å²) in [6.45, 7) is 4.08. The van der Waals surface area contributed by atoms with Crippen molar-refractivity contribution in [3.63, 3.8) is 0 Å². The smallest absolute Gasteiger partial charge is 0.222 e. The Morgan fingerprint density at radius 1 is 1.08 bits per heavy atom. The van der Waals surface area contributed by atoms with E-state index in [-0.39, 0.29) is 23.7 Å². The zero-order valence-electron chi connectivity index (χ0n) is 15.5. The quantitative estimate of drug-likeness (QED) is 0.759. The molecule has 1 atom stereocenters. The number of nitrogens with zero attached hydrogens (tertiary/aromatic N) is 1. The monoisotopic (exact) mass is 372 g/mol. The van der Waals surface area contributed by atoms with E-state index in [4.69, 9.17) is 5.73 Å². The van der Waals surface area contributed by atoms with Gasteiger partial charge in [0.05, 0.1) is 0 Å². The molecule has 26 heavy (non-hydrogen) atoms. The number of halogens is 1. The van der Waals surface area contributed by atoms with E-state index in [1.807, 2.05) is 29.2 Å². The third-order valence-electron chi connectivity index (χ3n) is 5.43. The maximum absolute atomic E-state index is 12.6. The summed E-state index contributed by atoms with van der Waals surface area (Å²) >= 11 is 0. The second kappa shape index (κ2) is 9.09. The summed E-state index contributed by atoms with van der Waals surface area (Å²) in [5.41, 5.74) is 9.44. The van der Waals surface area contributed by atoms with Gasteiger partial charge >= 0.3 is 0 Å². The molecule has 140 valence electrons. The molecule has 2 N–H and O–H groups in total. The fourth-order valence-corrected chi connectivity index (χ4v) is 3.69. The first-order chi connectivity index (χ1) is 12.1. The molecule has 1 amide bonds. The van der Waals surface area contributed by atoms with Crippen LogP contribution in [-0.4, -0.2) is 23.9 Å². The highest BCUT2D eigenvalue weighted by Gasteiger charge is 2.35. The predicted molar refractivity (Wildman–Crippen MR) is 110 cm³/mol. The van der Waals surface area contributed by atoms with Crippen LogP contribution in [0.2, 0.25) is 0 Å². The third-order valence-corrected chi connectivity index (χ3v) is 5.43. The van der Waals surface area contributed by atoms with Gasteiger partial charge < -0.3 is 10.6 Å². The number of amides is 1. The number of rotatable bonds is 6. The summed E-state index contributed by atoms with van der Waals surface area (Å²) in [4.78, 5) is 14.6. The topological polar surface area (TPSA) is 46.3 Å². The van der Waals surface area contributed by atoms with Gasteiger partial charge in [-0.3, -0.25) is 4.79 Å². The molecule has 0 spiro atoms. The standard InChI is InChI=1S/C22H28N2O.ClH/c1-22(14-13-18-7-3-2-4-8-18)15-16-24(17-22)21(25)12-11-19-9-5-6-10-20(19)23;/h2-10H,11-17,23H2,1H3;1H. The summed E-state index contributed by atoms with van der Waals surface area (Å²) in [7, 11) is 0. The van der Waals surface area contributed by atoms with Crippen LogP contribution in [0.4, 0.5) is 5.69 Å². The van der Waals surface area contributed by atoms with Crippen LogP contribution < -0.4 is 5.73 Å². The molecule has 1 unspecified atom stereocenters. The lowest BCUT2D eigenvalue weighted by Gasteiger charge is -2.25. The molecule has 0 saturated carbocycles. The van der Waals surface area contributed by atoms with Crippen LogP contribution in [0.1, 0.15) is 37.3 Å². The van der Waals surface area contributed by atoms with E-state index in [1.54, 1.807) is 0 Å². The van der Waals surface area contributed by atoms with Crippen LogP contribution in [0.3, 0.4) is 0 Å². The molecule has 0 aromatic heterocycles. The average Bonchev–Trinajstić information content (AvgIpc) is 3.03. The lowest BCUT2D eigenvalue weighted by molar-refractivity contribution is -0.130.